The molecule has 1 heterocycles. The summed E-state index contributed by atoms with van der Waals surface area (Å²) in [4.78, 5) is 12.5. The highest BCUT2D eigenvalue weighted by molar-refractivity contribution is 6.04. The fourth-order valence-corrected chi connectivity index (χ4v) is 3.21. The predicted octanol–water partition coefficient (Wildman–Crippen LogP) is 5.88. The van der Waals surface area contributed by atoms with Crippen LogP contribution in [0.15, 0.2) is 48.8 Å². The maximum atomic E-state index is 13.9. The van der Waals surface area contributed by atoms with Crippen molar-refractivity contribution in [3.05, 3.63) is 112 Å². The first-order valence-corrected chi connectivity index (χ1v) is 10.3. The molecular formula is C24H13F8N3O2. The van der Waals surface area contributed by atoms with Crippen LogP contribution in [-0.2, 0) is 13.2 Å². The summed E-state index contributed by atoms with van der Waals surface area (Å²) in [5.41, 5.74) is -0.231. The van der Waals surface area contributed by atoms with E-state index in [1.807, 2.05) is 0 Å². The summed E-state index contributed by atoms with van der Waals surface area (Å²) in [6.45, 7) is -1.06. The second-order valence-electron chi connectivity index (χ2n) is 7.61. The highest BCUT2D eigenvalue weighted by Gasteiger charge is 2.21. The Bertz CT molecular complexity index is 1460. The number of ether oxygens (including phenoxy) is 1. The quantitative estimate of drug-likeness (QED) is 0.186. The maximum Gasteiger partial charge on any atom is 0.255 e. The van der Waals surface area contributed by atoms with Gasteiger partial charge in [0.05, 0.1) is 18.4 Å². The van der Waals surface area contributed by atoms with Crippen LogP contribution in [0.1, 0.15) is 21.5 Å². The van der Waals surface area contributed by atoms with Gasteiger partial charge < -0.3 is 10.1 Å². The lowest BCUT2D eigenvalue weighted by Crippen LogP contribution is -2.12. The Morgan fingerprint density at radius 1 is 0.811 bits per heavy atom. The van der Waals surface area contributed by atoms with Crippen LogP contribution < -0.4 is 10.1 Å². The van der Waals surface area contributed by atoms with Crippen molar-refractivity contribution >= 4 is 11.6 Å². The molecule has 4 aromatic rings. The Labute approximate surface area is 202 Å². The highest BCUT2D eigenvalue weighted by Crippen LogP contribution is 2.27. The molecule has 0 aliphatic rings. The van der Waals surface area contributed by atoms with E-state index in [1.165, 1.54) is 30.5 Å². The van der Waals surface area contributed by atoms with Crippen molar-refractivity contribution in [3.8, 4) is 5.75 Å². The lowest BCUT2D eigenvalue weighted by Gasteiger charge is -2.10. The zero-order chi connectivity index (χ0) is 26.9. The molecule has 0 aliphatic carbocycles. The van der Waals surface area contributed by atoms with E-state index in [2.05, 4.69) is 10.4 Å². The van der Waals surface area contributed by atoms with Crippen LogP contribution in [0.4, 0.5) is 40.8 Å². The Morgan fingerprint density at radius 2 is 1.41 bits per heavy atom. The third kappa shape index (κ3) is 5.39. The first-order chi connectivity index (χ1) is 17.5. The Kier molecular flexibility index (Phi) is 7.14. The van der Waals surface area contributed by atoms with Crippen molar-refractivity contribution in [1.82, 2.24) is 9.78 Å². The average molecular weight is 527 g/mol. The van der Waals surface area contributed by atoms with Crippen molar-refractivity contribution in [2.75, 3.05) is 5.32 Å². The number of aromatic nitrogens is 2. The fourth-order valence-electron chi connectivity index (χ4n) is 3.21. The lowest BCUT2D eigenvalue weighted by atomic mass is 10.1. The standard InChI is InChI=1S/C24H13F8N3O2/c25-15-5-16(26)20(30)19(29)14(15)9-35-8-13(7-33-35)34-24(36)12-3-1-11(2-4-12)10-37-23-21(31)17(27)6-18(28)22(23)32/h1-8H,9-10H2,(H,34,36). The average Bonchev–Trinajstić information content (AvgIpc) is 3.31. The number of anilines is 1. The van der Waals surface area contributed by atoms with E-state index >= 15 is 0 Å². The number of carbonyl (C=O) groups is 1. The van der Waals surface area contributed by atoms with Crippen molar-refractivity contribution in [2.45, 2.75) is 13.2 Å². The summed E-state index contributed by atoms with van der Waals surface area (Å²) in [5.74, 6) is -15.0. The number of benzene rings is 3. The molecule has 0 spiro atoms. The molecule has 0 saturated carbocycles. The third-order valence-corrected chi connectivity index (χ3v) is 5.09. The minimum absolute atomic E-state index is 0.0494. The van der Waals surface area contributed by atoms with Crippen LogP contribution in [0.5, 0.6) is 5.75 Å². The molecule has 0 unspecified atom stereocenters. The lowest BCUT2D eigenvalue weighted by molar-refractivity contribution is 0.102. The fraction of sp³-hybridized carbons (Fsp3) is 0.0833. The number of halogens is 8. The molecule has 1 aromatic heterocycles. The molecule has 0 saturated heterocycles. The van der Waals surface area contributed by atoms with E-state index in [0.717, 1.165) is 10.9 Å². The van der Waals surface area contributed by atoms with E-state index in [1.54, 1.807) is 0 Å². The molecule has 5 nitrogen and oxygen atoms in total. The van der Waals surface area contributed by atoms with Crippen molar-refractivity contribution in [2.24, 2.45) is 0 Å². The van der Waals surface area contributed by atoms with Gasteiger partial charge in [-0.05, 0) is 17.7 Å². The van der Waals surface area contributed by atoms with Crippen LogP contribution in [0.3, 0.4) is 0 Å². The Hall–Kier alpha value is -4.42. The van der Waals surface area contributed by atoms with Gasteiger partial charge in [-0.2, -0.15) is 13.9 Å². The number of nitrogens with zero attached hydrogens (tertiary/aromatic N) is 2. The molecular weight excluding hydrogens is 514 g/mol. The molecule has 1 amide bonds. The van der Waals surface area contributed by atoms with Crippen LogP contribution in [0.25, 0.3) is 0 Å². The van der Waals surface area contributed by atoms with Gasteiger partial charge in [0.1, 0.15) is 12.4 Å². The number of hydrogen-bond acceptors (Lipinski definition) is 3. The number of amides is 1. The zero-order valence-corrected chi connectivity index (χ0v) is 18.3. The summed E-state index contributed by atoms with van der Waals surface area (Å²) >= 11 is 0. The second kappa shape index (κ2) is 10.3. The van der Waals surface area contributed by atoms with Gasteiger partial charge in [0.25, 0.3) is 5.91 Å². The highest BCUT2D eigenvalue weighted by atomic mass is 19.2. The summed E-state index contributed by atoms with van der Waals surface area (Å²) in [7, 11) is 0. The van der Waals surface area contributed by atoms with Crippen LogP contribution in [0.2, 0.25) is 0 Å². The summed E-state index contributed by atoms with van der Waals surface area (Å²) in [6.07, 6.45) is 2.35. The number of rotatable bonds is 7. The van der Waals surface area contributed by atoms with Crippen LogP contribution >= 0.6 is 0 Å². The predicted molar refractivity (Wildman–Crippen MR) is 113 cm³/mol. The van der Waals surface area contributed by atoms with Gasteiger partial charge in [-0.1, -0.05) is 12.1 Å². The summed E-state index contributed by atoms with van der Waals surface area (Å²) in [5, 5.41) is 6.27. The molecule has 0 bridgehead atoms. The van der Waals surface area contributed by atoms with Gasteiger partial charge in [-0.15, -0.1) is 0 Å². The molecule has 3 aromatic carbocycles. The van der Waals surface area contributed by atoms with E-state index < -0.39 is 76.9 Å². The largest absolute Gasteiger partial charge is 0.483 e. The minimum atomic E-state index is -1.83. The molecule has 1 N–H and O–H groups in total. The van der Waals surface area contributed by atoms with Gasteiger partial charge in [-0.3, -0.25) is 9.48 Å². The third-order valence-electron chi connectivity index (χ3n) is 5.09. The van der Waals surface area contributed by atoms with E-state index in [-0.39, 0.29) is 23.4 Å². The van der Waals surface area contributed by atoms with Crippen molar-refractivity contribution in [3.63, 3.8) is 0 Å². The number of carbonyl (C=O) groups excluding carboxylic acids is 1. The minimum Gasteiger partial charge on any atom is -0.483 e. The van der Waals surface area contributed by atoms with E-state index in [0.29, 0.717) is 5.56 Å². The molecule has 0 aliphatic heterocycles. The SMILES string of the molecule is O=C(Nc1cnn(Cc2c(F)cc(F)c(F)c2F)c1)c1ccc(COc2c(F)c(F)cc(F)c2F)cc1. The van der Waals surface area contributed by atoms with Crippen LogP contribution in [0, 0.1) is 46.5 Å². The van der Waals surface area contributed by atoms with Crippen molar-refractivity contribution < 1.29 is 44.7 Å². The van der Waals surface area contributed by atoms with Crippen LogP contribution in [-0.4, -0.2) is 15.7 Å². The first kappa shape index (κ1) is 25.7. The van der Waals surface area contributed by atoms with E-state index in [4.69, 9.17) is 4.74 Å². The Morgan fingerprint density at radius 3 is 2.05 bits per heavy atom. The summed E-state index contributed by atoms with van der Waals surface area (Å²) < 4.78 is 114. The topological polar surface area (TPSA) is 56.2 Å². The molecule has 192 valence electrons. The normalized spacial score (nSPS) is 11.0. The van der Waals surface area contributed by atoms with Gasteiger partial charge in [0, 0.05) is 29.5 Å². The molecule has 4 rings (SSSR count). The monoisotopic (exact) mass is 527 g/mol. The number of hydrogen-bond donors (Lipinski definition) is 1. The van der Waals surface area contributed by atoms with Gasteiger partial charge in [0.15, 0.2) is 34.8 Å². The Balaban J connectivity index is 1.39. The van der Waals surface area contributed by atoms with Gasteiger partial charge in [0.2, 0.25) is 11.6 Å². The molecule has 0 fully saturated rings. The molecule has 37 heavy (non-hydrogen) atoms. The second-order valence-corrected chi connectivity index (χ2v) is 7.61. The molecule has 0 atom stereocenters. The molecule has 13 heteroatoms. The molecule has 0 radical (unpaired) electrons. The van der Waals surface area contributed by atoms with Crippen molar-refractivity contribution in [1.29, 1.82) is 0 Å². The smallest absolute Gasteiger partial charge is 0.255 e. The zero-order valence-electron chi connectivity index (χ0n) is 18.3. The van der Waals surface area contributed by atoms with E-state index in [9.17, 15) is 39.9 Å². The van der Waals surface area contributed by atoms with Gasteiger partial charge >= 0.3 is 0 Å². The summed E-state index contributed by atoms with van der Waals surface area (Å²) in [6, 6.07) is 5.62. The van der Waals surface area contributed by atoms with Gasteiger partial charge in [-0.25, -0.2) is 26.3 Å². The first-order valence-electron chi connectivity index (χ1n) is 10.3. The maximum absolute atomic E-state index is 13.9. The number of nitrogens with one attached hydrogen (secondary N) is 1.